The zero-order valence-corrected chi connectivity index (χ0v) is 14.6. The lowest BCUT2D eigenvalue weighted by Crippen LogP contribution is -2.45. The Morgan fingerprint density at radius 1 is 0.960 bits per heavy atom. The molecule has 2 aliphatic rings. The highest BCUT2D eigenvalue weighted by Gasteiger charge is 2.48. The molecule has 130 valence electrons. The third-order valence-electron chi connectivity index (χ3n) is 5.50. The van der Waals surface area contributed by atoms with Crippen LogP contribution in [0.15, 0.2) is 54.6 Å². The van der Waals surface area contributed by atoms with Gasteiger partial charge in [0.05, 0.1) is 18.6 Å². The number of hydrogen-bond acceptors (Lipinski definition) is 3. The van der Waals surface area contributed by atoms with Crippen LogP contribution in [0.25, 0.3) is 0 Å². The highest BCUT2D eigenvalue weighted by Crippen LogP contribution is 2.45. The second kappa shape index (κ2) is 6.62. The molecule has 2 aliphatic heterocycles. The summed E-state index contributed by atoms with van der Waals surface area (Å²) in [7, 11) is 0. The molecule has 0 aromatic heterocycles. The van der Waals surface area contributed by atoms with E-state index in [9.17, 15) is 4.79 Å². The van der Waals surface area contributed by atoms with Gasteiger partial charge in [0.1, 0.15) is 0 Å². The van der Waals surface area contributed by atoms with Crippen molar-refractivity contribution < 1.29 is 9.53 Å². The van der Waals surface area contributed by atoms with Crippen LogP contribution in [0.2, 0.25) is 0 Å². The molecule has 0 aliphatic carbocycles. The number of anilines is 1. The number of ether oxygens (including phenoxy) is 1. The highest BCUT2D eigenvalue weighted by atomic mass is 16.5. The van der Waals surface area contributed by atoms with Crippen molar-refractivity contribution in [2.24, 2.45) is 0 Å². The van der Waals surface area contributed by atoms with Crippen LogP contribution in [-0.2, 0) is 14.9 Å². The molecule has 0 N–H and O–H groups in total. The second-order valence-corrected chi connectivity index (χ2v) is 6.92. The zero-order valence-electron chi connectivity index (χ0n) is 14.6. The maximum atomic E-state index is 13.4. The quantitative estimate of drug-likeness (QED) is 0.861. The third kappa shape index (κ3) is 2.75. The van der Waals surface area contributed by atoms with E-state index >= 15 is 0 Å². The van der Waals surface area contributed by atoms with E-state index in [4.69, 9.17) is 4.74 Å². The first-order valence-corrected chi connectivity index (χ1v) is 8.98. The van der Waals surface area contributed by atoms with Crippen molar-refractivity contribution in [3.63, 3.8) is 0 Å². The van der Waals surface area contributed by atoms with Gasteiger partial charge in [0.2, 0.25) is 5.91 Å². The molecule has 25 heavy (non-hydrogen) atoms. The van der Waals surface area contributed by atoms with Crippen molar-refractivity contribution in [2.45, 2.75) is 12.3 Å². The number of carbonyl (C=O) groups excluding carboxylic acids is 1. The molecule has 4 nitrogen and oxygen atoms in total. The summed E-state index contributed by atoms with van der Waals surface area (Å²) >= 11 is 0. The monoisotopic (exact) mass is 336 g/mol. The highest BCUT2D eigenvalue weighted by molar-refractivity contribution is 6.10. The molecule has 0 spiro atoms. The standard InChI is InChI=1S/C21H24N2O2/c1-21(17-7-3-2-4-8-17)18-9-5-6-10-19(18)23(20(21)24)12-11-22-13-15-25-16-14-22/h2-10H,11-16H2,1H3. The fourth-order valence-electron chi connectivity index (χ4n) is 3.96. The van der Waals surface area contributed by atoms with Crippen LogP contribution in [0, 0.1) is 0 Å². The van der Waals surface area contributed by atoms with Gasteiger partial charge in [-0.25, -0.2) is 0 Å². The number of morpholine rings is 1. The van der Waals surface area contributed by atoms with Gasteiger partial charge < -0.3 is 9.64 Å². The molecule has 1 unspecified atom stereocenters. The molecule has 4 rings (SSSR count). The molecular weight excluding hydrogens is 312 g/mol. The Kier molecular flexibility index (Phi) is 4.32. The van der Waals surface area contributed by atoms with Crippen molar-refractivity contribution >= 4 is 11.6 Å². The summed E-state index contributed by atoms with van der Waals surface area (Å²) in [5, 5.41) is 0. The van der Waals surface area contributed by atoms with E-state index in [2.05, 4.69) is 36.1 Å². The van der Waals surface area contributed by atoms with Crippen LogP contribution in [0.5, 0.6) is 0 Å². The van der Waals surface area contributed by atoms with Crippen LogP contribution in [0.3, 0.4) is 0 Å². The van der Waals surface area contributed by atoms with E-state index in [0.29, 0.717) is 0 Å². The lowest BCUT2D eigenvalue weighted by Gasteiger charge is -2.29. The van der Waals surface area contributed by atoms with Crippen LogP contribution >= 0.6 is 0 Å². The molecule has 0 radical (unpaired) electrons. The van der Waals surface area contributed by atoms with Gasteiger partial charge in [0.15, 0.2) is 0 Å². The van der Waals surface area contributed by atoms with E-state index < -0.39 is 5.41 Å². The topological polar surface area (TPSA) is 32.8 Å². The lowest BCUT2D eigenvalue weighted by atomic mass is 9.77. The third-order valence-corrected chi connectivity index (χ3v) is 5.50. The maximum Gasteiger partial charge on any atom is 0.241 e. The number of carbonyl (C=O) groups is 1. The minimum Gasteiger partial charge on any atom is -0.379 e. The molecule has 2 aromatic carbocycles. The molecule has 4 heteroatoms. The number of benzene rings is 2. The number of fused-ring (bicyclic) bond motifs is 1. The van der Waals surface area contributed by atoms with E-state index in [-0.39, 0.29) is 5.91 Å². The van der Waals surface area contributed by atoms with Gasteiger partial charge in [0.25, 0.3) is 0 Å². The molecule has 0 bridgehead atoms. The summed E-state index contributed by atoms with van der Waals surface area (Å²) in [6.07, 6.45) is 0. The number of rotatable bonds is 4. The predicted molar refractivity (Wildman–Crippen MR) is 99.0 cm³/mol. The lowest BCUT2D eigenvalue weighted by molar-refractivity contribution is -0.121. The van der Waals surface area contributed by atoms with Crippen LogP contribution in [0.4, 0.5) is 5.69 Å². The van der Waals surface area contributed by atoms with Gasteiger partial charge >= 0.3 is 0 Å². The summed E-state index contributed by atoms with van der Waals surface area (Å²) < 4.78 is 5.42. The summed E-state index contributed by atoms with van der Waals surface area (Å²) in [6.45, 7) is 7.11. The molecule has 0 saturated carbocycles. The SMILES string of the molecule is CC1(c2ccccc2)C(=O)N(CCN2CCOCC2)c2ccccc21. The van der Waals surface area contributed by atoms with Gasteiger partial charge in [-0.3, -0.25) is 9.69 Å². The Morgan fingerprint density at radius 3 is 2.40 bits per heavy atom. The van der Waals surface area contributed by atoms with Gasteiger partial charge in [-0.15, -0.1) is 0 Å². The van der Waals surface area contributed by atoms with Gasteiger partial charge in [0, 0.05) is 31.9 Å². The molecule has 1 amide bonds. The molecule has 2 aromatic rings. The van der Waals surface area contributed by atoms with Crippen molar-refractivity contribution in [3.8, 4) is 0 Å². The predicted octanol–water partition coefficient (Wildman–Crippen LogP) is 2.67. The molecular formula is C21H24N2O2. The Morgan fingerprint density at radius 2 is 1.64 bits per heavy atom. The van der Waals surface area contributed by atoms with Crippen molar-refractivity contribution in [3.05, 3.63) is 65.7 Å². The van der Waals surface area contributed by atoms with E-state index in [1.807, 2.05) is 35.2 Å². The second-order valence-electron chi connectivity index (χ2n) is 6.92. The number of hydrogen-bond donors (Lipinski definition) is 0. The van der Waals surface area contributed by atoms with Gasteiger partial charge in [-0.05, 0) is 24.1 Å². The summed E-state index contributed by atoms with van der Waals surface area (Å²) in [5.41, 5.74) is 2.60. The van der Waals surface area contributed by atoms with Crippen molar-refractivity contribution in [2.75, 3.05) is 44.3 Å². The molecule has 1 atom stereocenters. The molecule has 1 saturated heterocycles. The smallest absolute Gasteiger partial charge is 0.241 e. The fourth-order valence-corrected chi connectivity index (χ4v) is 3.96. The van der Waals surface area contributed by atoms with E-state index in [1.54, 1.807) is 0 Å². The van der Waals surface area contributed by atoms with E-state index in [1.165, 1.54) is 0 Å². The average Bonchev–Trinajstić information content (AvgIpc) is 2.90. The van der Waals surface area contributed by atoms with Crippen LogP contribution < -0.4 is 4.90 Å². The number of amides is 1. The summed E-state index contributed by atoms with van der Waals surface area (Å²) in [6, 6.07) is 18.3. The molecule has 1 fully saturated rings. The van der Waals surface area contributed by atoms with Gasteiger partial charge in [-0.1, -0.05) is 48.5 Å². The first kappa shape index (κ1) is 16.3. The Bertz CT molecular complexity index is 756. The minimum absolute atomic E-state index is 0.174. The fraction of sp³-hybridized carbons (Fsp3) is 0.381. The molecule has 2 heterocycles. The Balaban J connectivity index is 1.64. The van der Waals surface area contributed by atoms with Crippen LogP contribution in [0.1, 0.15) is 18.1 Å². The van der Waals surface area contributed by atoms with Crippen molar-refractivity contribution in [1.82, 2.24) is 4.90 Å². The minimum atomic E-state index is -0.608. The number of nitrogens with zero attached hydrogens (tertiary/aromatic N) is 2. The van der Waals surface area contributed by atoms with Crippen LogP contribution in [-0.4, -0.2) is 50.2 Å². The summed E-state index contributed by atoms with van der Waals surface area (Å²) in [5.74, 6) is 0.174. The first-order chi connectivity index (χ1) is 12.2. The Labute approximate surface area is 149 Å². The largest absolute Gasteiger partial charge is 0.379 e. The normalized spacial score (nSPS) is 23.7. The maximum absolute atomic E-state index is 13.4. The Hall–Kier alpha value is -2.17. The average molecular weight is 336 g/mol. The zero-order chi connectivity index (χ0) is 17.3. The van der Waals surface area contributed by atoms with Gasteiger partial charge in [-0.2, -0.15) is 0 Å². The summed E-state index contributed by atoms with van der Waals surface area (Å²) in [4.78, 5) is 17.8. The van der Waals surface area contributed by atoms with E-state index in [0.717, 1.165) is 56.2 Å². The number of para-hydroxylation sites is 1. The van der Waals surface area contributed by atoms with Crippen molar-refractivity contribution in [1.29, 1.82) is 0 Å². The first-order valence-electron chi connectivity index (χ1n) is 8.98.